The van der Waals surface area contributed by atoms with Crippen LogP contribution in [0.5, 0.6) is 0 Å². The van der Waals surface area contributed by atoms with Gasteiger partial charge in [-0.1, -0.05) is 13.8 Å². The molecule has 76 valence electrons. The van der Waals surface area contributed by atoms with Gasteiger partial charge in [-0.05, 0) is 19.4 Å². The largest absolute Gasteiger partial charge is 0.396 e. The zero-order valence-corrected chi connectivity index (χ0v) is 8.77. The third-order valence-electron chi connectivity index (χ3n) is 2.46. The van der Waals surface area contributed by atoms with E-state index in [2.05, 4.69) is 25.1 Å². The molecule has 0 aromatic heterocycles. The van der Waals surface area contributed by atoms with Gasteiger partial charge in [-0.2, -0.15) is 0 Å². The maximum atomic E-state index is 9.12. The first-order valence-corrected chi connectivity index (χ1v) is 4.93. The predicted octanol–water partition coefficient (Wildman–Crippen LogP) is 1.40. The van der Waals surface area contributed by atoms with Gasteiger partial charge in [0.2, 0.25) is 0 Å². The van der Waals surface area contributed by atoms with Crippen LogP contribution in [0.15, 0.2) is 0 Å². The van der Waals surface area contributed by atoms with Crippen molar-refractivity contribution in [2.24, 2.45) is 5.41 Å². The van der Waals surface area contributed by atoms with Crippen LogP contribution in [-0.2, 0) is 0 Å². The van der Waals surface area contributed by atoms with Gasteiger partial charge in [0.25, 0.3) is 0 Å². The van der Waals surface area contributed by atoms with Gasteiger partial charge in [-0.25, -0.2) is 0 Å². The van der Waals surface area contributed by atoms with Crippen LogP contribution in [0.25, 0.3) is 0 Å². The number of aliphatic hydroxyl groups is 1. The van der Waals surface area contributed by atoms with Gasteiger partial charge >= 0.3 is 0 Å². The third-order valence-corrected chi connectivity index (χ3v) is 2.46. The van der Waals surface area contributed by atoms with Crippen LogP contribution in [0.3, 0.4) is 0 Å². The summed E-state index contributed by atoms with van der Waals surface area (Å²) in [6.45, 7) is 6.23. The molecule has 0 radical (unpaired) electrons. The Hall–Kier alpha value is -0.520. The van der Waals surface area contributed by atoms with Crippen LogP contribution < -0.4 is 5.32 Å². The molecule has 0 aromatic rings. The van der Waals surface area contributed by atoms with Crippen molar-refractivity contribution in [3.05, 3.63) is 0 Å². The average Bonchev–Trinajstić information content (AvgIpc) is 2.17. The Morgan fingerprint density at radius 1 is 1.54 bits per heavy atom. The fourth-order valence-electron chi connectivity index (χ4n) is 0.998. The zero-order valence-electron chi connectivity index (χ0n) is 8.77. The standard InChI is InChI=1S/C11H21NO/c1-4-6-7-8-12-9-11(3,5-2)10-13/h1,12-13H,5-10H2,2-3H3. The molecule has 2 N–H and O–H groups in total. The van der Waals surface area contributed by atoms with Crippen LogP contribution in [-0.4, -0.2) is 24.8 Å². The molecule has 0 bridgehead atoms. The molecule has 0 saturated heterocycles. The number of hydrogen-bond acceptors (Lipinski definition) is 2. The number of terminal acetylenes is 1. The van der Waals surface area contributed by atoms with Crippen molar-refractivity contribution in [3.63, 3.8) is 0 Å². The highest BCUT2D eigenvalue weighted by molar-refractivity contribution is 4.83. The Morgan fingerprint density at radius 3 is 2.69 bits per heavy atom. The molecule has 1 unspecified atom stereocenters. The lowest BCUT2D eigenvalue weighted by molar-refractivity contribution is 0.135. The second-order valence-corrected chi connectivity index (χ2v) is 3.81. The summed E-state index contributed by atoms with van der Waals surface area (Å²) in [7, 11) is 0. The Labute approximate surface area is 81.7 Å². The molecule has 0 aromatic carbocycles. The first-order chi connectivity index (χ1) is 6.18. The van der Waals surface area contributed by atoms with Crippen molar-refractivity contribution in [2.45, 2.75) is 33.1 Å². The Morgan fingerprint density at radius 2 is 2.23 bits per heavy atom. The van der Waals surface area contributed by atoms with E-state index in [9.17, 15) is 0 Å². The topological polar surface area (TPSA) is 32.3 Å². The SMILES string of the molecule is C#CCCCNCC(C)(CC)CO. The first kappa shape index (κ1) is 12.5. The second kappa shape index (κ2) is 6.94. The van der Waals surface area contributed by atoms with Gasteiger partial charge in [0.1, 0.15) is 0 Å². The van der Waals surface area contributed by atoms with Gasteiger partial charge in [-0.3, -0.25) is 0 Å². The van der Waals surface area contributed by atoms with E-state index in [0.717, 1.165) is 32.4 Å². The Balaban J connectivity index is 3.45. The van der Waals surface area contributed by atoms with Crippen molar-refractivity contribution in [3.8, 4) is 12.3 Å². The van der Waals surface area contributed by atoms with Crippen LogP contribution in [0.4, 0.5) is 0 Å². The average molecular weight is 183 g/mol. The molecule has 0 amide bonds. The predicted molar refractivity (Wildman–Crippen MR) is 56.4 cm³/mol. The molecule has 0 rings (SSSR count). The van der Waals surface area contributed by atoms with Crippen molar-refractivity contribution in [1.29, 1.82) is 0 Å². The summed E-state index contributed by atoms with van der Waals surface area (Å²) in [6.07, 6.45) is 7.97. The summed E-state index contributed by atoms with van der Waals surface area (Å²) < 4.78 is 0. The van der Waals surface area contributed by atoms with Crippen molar-refractivity contribution < 1.29 is 5.11 Å². The van der Waals surface area contributed by atoms with E-state index in [1.165, 1.54) is 0 Å². The van der Waals surface area contributed by atoms with E-state index in [-0.39, 0.29) is 12.0 Å². The number of aliphatic hydroxyl groups excluding tert-OH is 1. The maximum Gasteiger partial charge on any atom is 0.0496 e. The van der Waals surface area contributed by atoms with Gasteiger partial charge in [0.15, 0.2) is 0 Å². The van der Waals surface area contributed by atoms with Crippen molar-refractivity contribution in [2.75, 3.05) is 19.7 Å². The summed E-state index contributed by atoms with van der Waals surface area (Å²) in [5.41, 5.74) is 0.0240. The van der Waals surface area contributed by atoms with Crippen LogP contribution in [0.2, 0.25) is 0 Å². The summed E-state index contributed by atoms with van der Waals surface area (Å²) in [4.78, 5) is 0. The van der Waals surface area contributed by atoms with E-state index < -0.39 is 0 Å². The lowest BCUT2D eigenvalue weighted by Gasteiger charge is -2.25. The van der Waals surface area contributed by atoms with E-state index >= 15 is 0 Å². The minimum Gasteiger partial charge on any atom is -0.396 e. The number of unbranched alkanes of at least 4 members (excludes halogenated alkanes) is 1. The molecule has 0 spiro atoms. The fourth-order valence-corrected chi connectivity index (χ4v) is 0.998. The van der Waals surface area contributed by atoms with Gasteiger partial charge in [-0.15, -0.1) is 12.3 Å². The fraction of sp³-hybridized carbons (Fsp3) is 0.818. The molecule has 13 heavy (non-hydrogen) atoms. The molecule has 0 aliphatic heterocycles. The molecule has 2 nitrogen and oxygen atoms in total. The monoisotopic (exact) mass is 183 g/mol. The smallest absolute Gasteiger partial charge is 0.0496 e. The zero-order chi connectivity index (χ0) is 10.2. The highest BCUT2D eigenvalue weighted by atomic mass is 16.3. The van der Waals surface area contributed by atoms with Crippen LogP contribution in [0, 0.1) is 17.8 Å². The summed E-state index contributed by atoms with van der Waals surface area (Å²) in [5, 5.41) is 12.4. The van der Waals surface area contributed by atoms with Crippen LogP contribution >= 0.6 is 0 Å². The minimum atomic E-state index is 0.0240. The first-order valence-electron chi connectivity index (χ1n) is 4.93. The summed E-state index contributed by atoms with van der Waals surface area (Å²) in [6, 6.07) is 0. The van der Waals surface area contributed by atoms with Crippen molar-refractivity contribution >= 4 is 0 Å². The van der Waals surface area contributed by atoms with E-state index in [4.69, 9.17) is 11.5 Å². The minimum absolute atomic E-state index is 0.0240. The molecule has 1 atom stereocenters. The number of nitrogens with one attached hydrogen (secondary N) is 1. The highest BCUT2D eigenvalue weighted by Crippen LogP contribution is 2.18. The van der Waals surface area contributed by atoms with Gasteiger partial charge < -0.3 is 10.4 Å². The van der Waals surface area contributed by atoms with Crippen LogP contribution in [0.1, 0.15) is 33.1 Å². The van der Waals surface area contributed by atoms with E-state index in [1.807, 2.05) is 0 Å². The van der Waals surface area contributed by atoms with Crippen molar-refractivity contribution in [1.82, 2.24) is 5.32 Å². The molecule has 0 aliphatic carbocycles. The number of rotatable bonds is 7. The molecule has 0 aliphatic rings. The lowest BCUT2D eigenvalue weighted by Crippen LogP contribution is -2.34. The molecular weight excluding hydrogens is 162 g/mol. The molecular formula is C11H21NO. The highest BCUT2D eigenvalue weighted by Gasteiger charge is 2.19. The molecule has 0 fully saturated rings. The Bertz CT molecular complexity index is 156. The van der Waals surface area contributed by atoms with Gasteiger partial charge in [0, 0.05) is 25.0 Å². The number of hydrogen-bond donors (Lipinski definition) is 2. The van der Waals surface area contributed by atoms with E-state index in [1.54, 1.807) is 0 Å². The quantitative estimate of drug-likeness (QED) is 0.462. The second-order valence-electron chi connectivity index (χ2n) is 3.81. The summed E-state index contributed by atoms with van der Waals surface area (Å²) >= 11 is 0. The van der Waals surface area contributed by atoms with Gasteiger partial charge in [0.05, 0.1) is 0 Å². The maximum absolute atomic E-state index is 9.12. The normalized spacial score (nSPS) is 14.9. The molecule has 0 saturated carbocycles. The van der Waals surface area contributed by atoms with E-state index in [0.29, 0.717) is 0 Å². The summed E-state index contributed by atoms with van der Waals surface area (Å²) in [5.74, 6) is 2.60. The Kier molecular flexibility index (Phi) is 6.66. The molecule has 2 heteroatoms. The molecule has 0 heterocycles. The third kappa shape index (κ3) is 5.68. The lowest BCUT2D eigenvalue weighted by atomic mass is 9.89.